The van der Waals surface area contributed by atoms with Crippen molar-refractivity contribution in [3.63, 3.8) is 0 Å². The maximum Gasteiger partial charge on any atom is 0.350 e. The molecule has 0 spiro atoms. The summed E-state index contributed by atoms with van der Waals surface area (Å²) in [5, 5.41) is 5.02. The molecular formula is C22H16FN5O2S. The number of rotatable bonds is 5. The van der Waals surface area contributed by atoms with Gasteiger partial charge in [0.25, 0.3) is 0 Å². The Labute approximate surface area is 180 Å². The van der Waals surface area contributed by atoms with E-state index in [1.807, 2.05) is 37.3 Å². The Morgan fingerprint density at radius 2 is 1.87 bits per heavy atom. The molecule has 3 heterocycles. The number of fused-ring (bicyclic) bond motifs is 1. The summed E-state index contributed by atoms with van der Waals surface area (Å²) in [4.78, 5) is 22.6. The minimum Gasteiger partial charge on any atom is -0.441 e. The van der Waals surface area contributed by atoms with Gasteiger partial charge in [0.2, 0.25) is 5.89 Å². The molecule has 0 saturated carbocycles. The number of halogens is 1. The zero-order valence-corrected chi connectivity index (χ0v) is 17.2. The predicted octanol–water partition coefficient (Wildman–Crippen LogP) is 4.19. The second kappa shape index (κ2) is 7.84. The second-order valence-corrected chi connectivity index (χ2v) is 7.87. The summed E-state index contributed by atoms with van der Waals surface area (Å²) in [6, 6.07) is 15.6. The third-order valence-corrected chi connectivity index (χ3v) is 5.70. The van der Waals surface area contributed by atoms with E-state index in [-0.39, 0.29) is 18.1 Å². The van der Waals surface area contributed by atoms with Crippen LogP contribution in [0, 0.1) is 12.7 Å². The van der Waals surface area contributed by atoms with Crippen molar-refractivity contribution < 1.29 is 8.81 Å². The van der Waals surface area contributed by atoms with Gasteiger partial charge >= 0.3 is 5.69 Å². The van der Waals surface area contributed by atoms with Gasteiger partial charge in [-0.25, -0.2) is 28.2 Å². The minimum atomic E-state index is -0.311. The fourth-order valence-corrected chi connectivity index (χ4v) is 3.98. The highest BCUT2D eigenvalue weighted by Crippen LogP contribution is 2.28. The molecule has 0 saturated heterocycles. The first kappa shape index (κ1) is 19.3. The lowest BCUT2D eigenvalue weighted by molar-refractivity contribution is 0.535. The van der Waals surface area contributed by atoms with Crippen LogP contribution < -0.4 is 5.69 Å². The Hall–Kier alpha value is -3.72. The van der Waals surface area contributed by atoms with Crippen molar-refractivity contribution in [2.24, 2.45) is 0 Å². The van der Waals surface area contributed by atoms with E-state index in [9.17, 15) is 9.18 Å². The first-order chi connectivity index (χ1) is 15.1. The van der Waals surface area contributed by atoms with E-state index in [0.29, 0.717) is 28.0 Å². The van der Waals surface area contributed by atoms with Crippen LogP contribution in [0.25, 0.3) is 17.1 Å². The molecule has 0 bridgehead atoms. The van der Waals surface area contributed by atoms with Gasteiger partial charge in [-0.15, -0.1) is 5.10 Å². The summed E-state index contributed by atoms with van der Waals surface area (Å²) in [5.41, 5.74) is 1.61. The van der Waals surface area contributed by atoms with Gasteiger partial charge in [-0.05, 0) is 43.3 Å². The molecule has 3 aromatic heterocycles. The highest BCUT2D eigenvalue weighted by Gasteiger charge is 2.17. The molecule has 0 atom stereocenters. The molecule has 0 aliphatic carbocycles. The van der Waals surface area contributed by atoms with E-state index in [1.165, 1.54) is 33.0 Å². The van der Waals surface area contributed by atoms with Crippen molar-refractivity contribution >= 4 is 17.4 Å². The average molecular weight is 433 g/mol. The molecule has 0 aliphatic heterocycles. The van der Waals surface area contributed by atoms with Crippen LogP contribution in [0.2, 0.25) is 0 Å². The van der Waals surface area contributed by atoms with E-state index >= 15 is 0 Å². The minimum absolute atomic E-state index is 0.170. The monoisotopic (exact) mass is 433 g/mol. The maximum atomic E-state index is 13.2. The molecule has 0 unspecified atom stereocenters. The molecule has 2 aromatic carbocycles. The van der Waals surface area contributed by atoms with Crippen LogP contribution in [0.3, 0.4) is 0 Å². The van der Waals surface area contributed by atoms with E-state index in [4.69, 9.17) is 4.42 Å². The number of hydrogen-bond donors (Lipinski definition) is 0. The third-order valence-electron chi connectivity index (χ3n) is 4.71. The van der Waals surface area contributed by atoms with Crippen molar-refractivity contribution in [3.05, 3.63) is 94.7 Å². The number of oxazole rings is 1. The first-order valence-corrected chi connectivity index (χ1v) is 10.3. The van der Waals surface area contributed by atoms with E-state index < -0.39 is 0 Å². The summed E-state index contributed by atoms with van der Waals surface area (Å²) >= 11 is 1.31. The molecule has 0 amide bonds. The van der Waals surface area contributed by atoms with Crippen LogP contribution in [0.15, 0.2) is 86.1 Å². The molecule has 0 fully saturated rings. The zero-order valence-electron chi connectivity index (χ0n) is 16.4. The standard InChI is InChI=1S/C22H16FN5O2S/c1-14-18(25-20(30-14)15-5-3-2-4-6-15)13-28-22(29)27-12-11-24-21(19(27)26-28)31-17-9-7-16(23)8-10-17/h2-12H,13H2,1H3. The van der Waals surface area contributed by atoms with Crippen LogP contribution >= 0.6 is 11.8 Å². The van der Waals surface area contributed by atoms with Crippen LogP contribution in [-0.2, 0) is 6.54 Å². The number of benzene rings is 2. The van der Waals surface area contributed by atoms with E-state index in [2.05, 4.69) is 15.1 Å². The molecule has 9 heteroatoms. The van der Waals surface area contributed by atoms with Gasteiger partial charge in [0.15, 0.2) is 5.65 Å². The SMILES string of the molecule is Cc1oc(-c2ccccc2)nc1Cn1nc2c(Sc3ccc(F)cc3)nccn2c1=O. The summed E-state index contributed by atoms with van der Waals surface area (Å²) < 4.78 is 21.8. The van der Waals surface area contributed by atoms with Gasteiger partial charge in [-0.3, -0.25) is 0 Å². The predicted molar refractivity (Wildman–Crippen MR) is 114 cm³/mol. The Balaban J connectivity index is 1.49. The molecule has 31 heavy (non-hydrogen) atoms. The normalized spacial score (nSPS) is 11.3. The molecule has 0 radical (unpaired) electrons. The molecule has 154 valence electrons. The second-order valence-electron chi connectivity index (χ2n) is 6.81. The van der Waals surface area contributed by atoms with Crippen molar-refractivity contribution in [2.45, 2.75) is 23.4 Å². The fraction of sp³-hybridized carbons (Fsp3) is 0.0909. The Morgan fingerprint density at radius 1 is 1.10 bits per heavy atom. The van der Waals surface area contributed by atoms with Gasteiger partial charge in [-0.2, -0.15) is 0 Å². The topological polar surface area (TPSA) is 78.2 Å². The van der Waals surface area contributed by atoms with Crippen molar-refractivity contribution in [2.75, 3.05) is 0 Å². The lowest BCUT2D eigenvalue weighted by Crippen LogP contribution is -2.22. The van der Waals surface area contributed by atoms with Crippen LogP contribution in [0.5, 0.6) is 0 Å². The first-order valence-electron chi connectivity index (χ1n) is 9.48. The lowest BCUT2D eigenvalue weighted by Gasteiger charge is -2.01. The van der Waals surface area contributed by atoms with Gasteiger partial charge < -0.3 is 4.42 Å². The molecule has 5 rings (SSSR count). The van der Waals surface area contributed by atoms with Crippen LogP contribution in [0.1, 0.15) is 11.5 Å². The van der Waals surface area contributed by atoms with Crippen molar-refractivity contribution in [1.29, 1.82) is 0 Å². The highest BCUT2D eigenvalue weighted by atomic mass is 32.2. The van der Waals surface area contributed by atoms with Gasteiger partial charge in [-0.1, -0.05) is 30.0 Å². The fourth-order valence-electron chi connectivity index (χ4n) is 3.14. The Kier molecular flexibility index (Phi) is 4.87. The highest BCUT2D eigenvalue weighted by molar-refractivity contribution is 7.99. The molecule has 5 aromatic rings. The van der Waals surface area contributed by atoms with E-state index in [0.717, 1.165) is 10.5 Å². The Morgan fingerprint density at radius 3 is 2.65 bits per heavy atom. The summed E-state index contributed by atoms with van der Waals surface area (Å²) in [5.74, 6) is 0.815. The number of nitrogens with zero attached hydrogens (tertiary/aromatic N) is 5. The quantitative estimate of drug-likeness (QED) is 0.414. The van der Waals surface area contributed by atoms with Crippen LogP contribution in [0.4, 0.5) is 4.39 Å². The number of hydrogen-bond acceptors (Lipinski definition) is 6. The average Bonchev–Trinajstić information content (AvgIpc) is 3.31. The van der Waals surface area contributed by atoms with Crippen LogP contribution in [-0.4, -0.2) is 24.1 Å². The molecule has 0 aliphatic rings. The van der Waals surface area contributed by atoms with E-state index in [1.54, 1.807) is 24.5 Å². The molecular weight excluding hydrogens is 417 g/mol. The summed E-state index contributed by atoms with van der Waals surface area (Å²) in [6.45, 7) is 1.98. The molecule has 7 nitrogen and oxygen atoms in total. The Bertz CT molecular complexity index is 1420. The lowest BCUT2D eigenvalue weighted by atomic mass is 10.2. The molecule has 0 N–H and O–H groups in total. The van der Waals surface area contributed by atoms with Crippen molar-refractivity contribution in [3.8, 4) is 11.5 Å². The number of aromatic nitrogens is 5. The summed E-state index contributed by atoms with van der Waals surface area (Å²) in [7, 11) is 0. The van der Waals surface area contributed by atoms with Gasteiger partial charge in [0, 0.05) is 22.9 Å². The number of aryl methyl sites for hydroxylation is 1. The van der Waals surface area contributed by atoms with Gasteiger partial charge in [0.05, 0.1) is 6.54 Å². The third kappa shape index (κ3) is 3.75. The van der Waals surface area contributed by atoms with Crippen molar-refractivity contribution in [1.82, 2.24) is 24.1 Å². The summed E-state index contributed by atoms with van der Waals surface area (Å²) in [6.07, 6.45) is 3.11. The largest absolute Gasteiger partial charge is 0.441 e. The smallest absolute Gasteiger partial charge is 0.350 e. The zero-order chi connectivity index (χ0) is 21.4. The maximum absolute atomic E-state index is 13.2. The van der Waals surface area contributed by atoms with Gasteiger partial charge in [0.1, 0.15) is 22.3 Å².